The highest BCUT2D eigenvalue weighted by molar-refractivity contribution is 9.10. The number of amides is 2. The van der Waals surface area contributed by atoms with Gasteiger partial charge < -0.3 is 23.9 Å². The molecule has 202 valence electrons. The highest BCUT2D eigenvalue weighted by Gasteiger charge is 2.15. The van der Waals surface area contributed by atoms with E-state index < -0.39 is 5.91 Å². The summed E-state index contributed by atoms with van der Waals surface area (Å²) >= 11 is 3.48. The molecule has 0 aliphatic carbocycles. The molecular formula is C29H28BrN3O6. The van der Waals surface area contributed by atoms with E-state index in [2.05, 4.69) is 31.8 Å². The zero-order chi connectivity index (χ0) is 27.8. The van der Waals surface area contributed by atoms with Crippen LogP contribution in [-0.2, 0) is 4.79 Å². The van der Waals surface area contributed by atoms with Crippen LogP contribution in [0.4, 0.5) is 5.69 Å². The Bertz CT molecular complexity index is 1500. The Morgan fingerprint density at radius 1 is 0.974 bits per heavy atom. The zero-order valence-corrected chi connectivity index (χ0v) is 23.3. The number of halogens is 1. The SMILES string of the molecule is CCOc1ccc2oc(C(=O)N/N=C/c3cc(Br)c(OCC(=O)Nc4ccc(C)cc4)c(OCC)c3)cc2c1. The van der Waals surface area contributed by atoms with E-state index in [1.54, 1.807) is 30.3 Å². The molecule has 9 nitrogen and oxygen atoms in total. The predicted molar refractivity (Wildman–Crippen MR) is 153 cm³/mol. The third-order valence-corrected chi connectivity index (χ3v) is 6.01. The first-order chi connectivity index (χ1) is 18.9. The lowest BCUT2D eigenvalue weighted by Gasteiger charge is -2.14. The van der Waals surface area contributed by atoms with Crippen LogP contribution in [0.2, 0.25) is 0 Å². The molecule has 0 aliphatic rings. The molecule has 3 aromatic carbocycles. The molecule has 0 fully saturated rings. The molecule has 2 amide bonds. The molecule has 1 aromatic heterocycles. The number of hydrazone groups is 1. The van der Waals surface area contributed by atoms with Gasteiger partial charge in [-0.2, -0.15) is 5.10 Å². The van der Waals surface area contributed by atoms with Crippen molar-refractivity contribution in [2.24, 2.45) is 5.10 Å². The van der Waals surface area contributed by atoms with Gasteiger partial charge in [0.25, 0.3) is 5.91 Å². The third-order valence-electron chi connectivity index (χ3n) is 5.42. The van der Waals surface area contributed by atoms with Crippen molar-refractivity contribution in [2.45, 2.75) is 20.8 Å². The number of nitrogens with one attached hydrogen (secondary N) is 2. The second kappa shape index (κ2) is 13.0. The van der Waals surface area contributed by atoms with Crippen LogP contribution in [0.1, 0.15) is 35.5 Å². The van der Waals surface area contributed by atoms with Crippen molar-refractivity contribution in [3.05, 3.63) is 82.0 Å². The van der Waals surface area contributed by atoms with Crippen LogP contribution in [0, 0.1) is 6.92 Å². The van der Waals surface area contributed by atoms with Gasteiger partial charge >= 0.3 is 5.91 Å². The van der Waals surface area contributed by atoms with Gasteiger partial charge in [-0.3, -0.25) is 9.59 Å². The van der Waals surface area contributed by atoms with Crippen molar-refractivity contribution in [3.8, 4) is 17.2 Å². The molecule has 39 heavy (non-hydrogen) atoms. The standard InChI is InChI=1S/C29H28BrN3O6/c1-4-36-22-10-11-24-20(14-22)15-26(39-24)29(35)33-31-16-19-12-23(30)28(25(13-19)37-5-2)38-17-27(34)32-21-8-6-18(3)7-9-21/h6-16H,4-5,17H2,1-3H3,(H,32,34)(H,33,35)/b31-16+. The lowest BCUT2D eigenvalue weighted by atomic mass is 10.2. The third kappa shape index (κ3) is 7.38. The van der Waals surface area contributed by atoms with E-state index in [1.807, 2.05) is 51.1 Å². The quantitative estimate of drug-likeness (QED) is 0.161. The van der Waals surface area contributed by atoms with Gasteiger partial charge in [0, 0.05) is 11.1 Å². The maximum atomic E-state index is 12.6. The van der Waals surface area contributed by atoms with Crippen molar-refractivity contribution < 1.29 is 28.2 Å². The minimum absolute atomic E-state index is 0.125. The fraction of sp³-hybridized carbons (Fsp3) is 0.207. The highest BCUT2D eigenvalue weighted by Crippen LogP contribution is 2.36. The second-order valence-corrected chi connectivity index (χ2v) is 9.26. The summed E-state index contributed by atoms with van der Waals surface area (Å²) in [7, 11) is 0. The van der Waals surface area contributed by atoms with Crippen LogP contribution < -0.4 is 25.0 Å². The van der Waals surface area contributed by atoms with Crippen LogP contribution in [-0.4, -0.2) is 37.8 Å². The summed E-state index contributed by atoms with van der Waals surface area (Å²) in [6.07, 6.45) is 1.47. The van der Waals surface area contributed by atoms with Crippen molar-refractivity contribution >= 4 is 50.6 Å². The van der Waals surface area contributed by atoms with Gasteiger partial charge in [0.05, 0.1) is 23.9 Å². The summed E-state index contributed by atoms with van der Waals surface area (Å²) in [5.74, 6) is 0.826. The van der Waals surface area contributed by atoms with E-state index in [1.165, 1.54) is 6.21 Å². The molecular weight excluding hydrogens is 566 g/mol. The maximum Gasteiger partial charge on any atom is 0.307 e. The number of furan rings is 1. The molecule has 4 rings (SSSR count). The minimum atomic E-state index is -0.496. The first kappa shape index (κ1) is 27.7. The topological polar surface area (TPSA) is 111 Å². The number of benzene rings is 3. The van der Waals surface area contributed by atoms with Crippen LogP contribution in [0.15, 0.2) is 74.7 Å². The Morgan fingerprint density at radius 3 is 2.49 bits per heavy atom. The molecule has 0 aliphatic heterocycles. The largest absolute Gasteiger partial charge is 0.494 e. The second-order valence-electron chi connectivity index (χ2n) is 8.41. The van der Waals surface area contributed by atoms with Crippen molar-refractivity contribution in [2.75, 3.05) is 25.1 Å². The average Bonchev–Trinajstić information content (AvgIpc) is 3.34. The van der Waals surface area contributed by atoms with Crippen LogP contribution >= 0.6 is 15.9 Å². The summed E-state index contributed by atoms with van der Waals surface area (Å²) in [5.41, 5.74) is 5.45. The molecule has 0 spiro atoms. The number of rotatable bonds is 11. The summed E-state index contributed by atoms with van der Waals surface area (Å²) in [4.78, 5) is 24.9. The van der Waals surface area contributed by atoms with Gasteiger partial charge in [0.1, 0.15) is 11.3 Å². The van der Waals surface area contributed by atoms with Gasteiger partial charge in [0.2, 0.25) is 0 Å². The molecule has 4 aromatic rings. The van der Waals surface area contributed by atoms with E-state index in [4.69, 9.17) is 18.6 Å². The van der Waals surface area contributed by atoms with Gasteiger partial charge in [0.15, 0.2) is 23.9 Å². The monoisotopic (exact) mass is 593 g/mol. The summed E-state index contributed by atoms with van der Waals surface area (Å²) < 4.78 is 23.2. The normalized spacial score (nSPS) is 11.0. The van der Waals surface area contributed by atoms with E-state index in [-0.39, 0.29) is 18.3 Å². The van der Waals surface area contributed by atoms with E-state index in [0.717, 1.165) is 10.9 Å². The van der Waals surface area contributed by atoms with Crippen LogP contribution in [0.3, 0.4) is 0 Å². The Balaban J connectivity index is 1.40. The maximum absolute atomic E-state index is 12.6. The Hall–Kier alpha value is -4.31. The molecule has 2 N–H and O–H groups in total. The fourth-order valence-corrected chi connectivity index (χ4v) is 4.22. The summed E-state index contributed by atoms with van der Waals surface area (Å²) in [5, 5.41) is 7.59. The number of anilines is 1. The number of aryl methyl sites for hydroxylation is 1. The van der Waals surface area contributed by atoms with Crippen LogP contribution in [0.5, 0.6) is 17.2 Å². The van der Waals surface area contributed by atoms with Crippen molar-refractivity contribution in [1.82, 2.24) is 5.43 Å². The zero-order valence-electron chi connectivity index (χ0n) is 21.7. The first-order valence-corrected chi connectivity index (χ1v) is 13.1. The first-order valence-electron chi connectivity index (χ1n) is 12.3. The molecule has 0 bridgehead atoms. The van der Waals surface area contributed by atoms with Crippen molar-refractivity contribution in [1.29, 1.82) is 0 Å². The molecule has 1 heterocycles. The number of carbonyl (C=O) groups is 2. The highest BCUT2D eigenvalue weighted by atomic mass is 79.9. The predicted octanol–water partition coefficient (Wildman–Crippen LogP) is 6.08. The molecule has 0 radical (unpaired) electrons. The van der Waals surface area contributed by atoms with E-state index >= 15 is 0 Å². The summed E-state index contributed by atoms with van der Waals surface area (Å²) in [6.45, 7) is 6.44. The molecule has 0 saturated heterocycles. The molecule has 0 saturated carbocycles. The number of ether oxygens (including phenoxy) is 3. The molecule has 0 atom stereocenters. The van der Waals surface area contributed by atoms with E-state index in [0.29, 0.717) is 51.8 Å². The number of hydrogen-bond donors (Lipinski definition) is 2. The lowest BCUT2D eigenvalue weighted by molar-refractivity contribution is -0.118. The van der Waals surface area contributed by atoms with Crippen molar-refractivity contribution in [3.63, 3.8) is 0 Å². The number of fused-ring (bicyclic) bond motifs is 1. The Labute approximate surface area is 234 Å². The molecule has 10 heteroatoms. The van der Waals surface area contributed by atoms with Crippen LogP contribution in [0.25, 0.3) is 11.0 Å². The van der Waals surface area contributed by atoms with Gasteiger partial charge in [-0.1, -0.05) is 17.7 Å². The Kier molecular flexibility index (Phi) is 9.22. The Morgan fingerprint density at radius 2 is 1.74 bits per heavy atom. The number of hydrogen-bond acceptors (Lipinski definition) is 7. The average molecular weight is 594 g/mol. The van der Waals surface area contributed by atoms with Gasteiger partial charge in [-0.15, -0.1) is 0 Å². The number of carbonyl (C=O) groups excluding carboxylic acids is 2. The van der Waals surface area contributed by atoms with E-state index in [9.17, 15) is 9.59 Å². The van der Waals surface area contributed by atoms with Gasteiger partial charge in [-0.25, -0.2) is 5.43 Å². The molecule has 0 unspecified atom stereocenters. The summed E-state index contributed by atoms with van der Waals surface area (Å²) in [6, 6.07) is 17.9. The fourth-order valence-electron chi connectivity index (χ4n) is 3.65. The van der Waals surface area contributed by atoms with Gasteiger partial charge in [-0.05, 0) is 90.8 Å². The minimum Gasteiger partial charge on any atom is -0.494 e. The number of nitrogens with zero attached hydrogens (tertiary/aromatic N) is 1. The smallest absolute Gasteiger partial charge is 0.307 e. The lowest BCUT2D eigenvalue weighted by Crippen LogP contribution is -2.20.